The van der Waals surface area contributed by atoms with Crippen LogP contribution in [0.25, 0.3) is 0 Å². The summed E-state index contributed by atoms with van der Waals surface area (Å²) >= 11 is 1.22. The molecule has 6 heteroatoms. The van der Waals surface area contributed by atoms with Crippen LogP contribution in [0.3, 0.4) is 0 Å². The Balaban J connectivity index is 2.54. The molecule has 92 valence electrons. The van der Waals surface area contributed by atoms with Gasteiger partial charge in [-0.25, -0.2) is 9.78 Å². The van der Waals surface area contributed by atoms with Gasteiger partial charge in [0.05, 0.1) is 11.9 Å². The van der Waals surface area contributed by atoms with Gasteiger partial charge in [0.25, 0.3) is 0 Å². The molecular formula is C11H13NO4S. The van der Waals surface area contributed by atoms with Crippen molar-refractivity contribution in [2.24, 2.45) is 0 Å². The van der Waals surface area contributed by atoms with E-state index in [0.29, 0.717) is 4.90 Å². The molecule has 0 aliphatic heterocycles. The van der Waals surface area contributed by atoms with E-state index in [1.165, 1.54) is 24.0 Å². The van der Waals surface area contributed by atoms with Crippen LogP contribution in [0.2, 0.25) is 0 Å². The normalized spacial score (nSPS) is 10.3. The number of pyridine rings is 1. The van der Waals surface area contributed by atoms with Crippen LogP contribution in [0.1, 0.15) is 24.3 Å². The molecule has 1 N–H and O–H groups in total. The van der Waals surface area contributed by atoms with Gasteiger partial charge >= 0.3 is 11.9 Å². The fraction of sp³-hybridized carbons (Fsp3) is 0.364. The second kappa shape index (κ2) is 6.24. The first-order chi connectivity index (χ1) is 7.99. The summed E-state index contributed by atoms with van der Waals surface area (Å²) in [4.78, 5) is 26.3. The molecular weight excluding hydrogens is 242 g/mol. The maximum absolute atomic E-state index is 11.3. The monoisotopic (exact) mass is 255 g/mol. The van der Waals surface area contributed by atoms with Gasteiger partial charge in [-0.1, -0.05) is 0 Å². The number of carbonyl (C=O) groups is 2. The molecule has 1 aromatic rings. The fourth-order valence-electron chi connectivity index (χ4n) is 1.06. The minimum atomic E-state index is -1.09. The highest BCUT2D eigenvalue weighted by Gasteiger charge is 2.09. The summed E-state index contributed by atoms with van der Waals surface area (Å²) in [5.74, 6) is -1.25. The van der Waals surface area contributed by atoms with E-state index in [-0.39, 0.29) is 23.5 Å². The molecule has 0 saturated heterocycles. The lowest BCUT2D eigenvalue weighted by molar-refractivity contribution is -0.144. The van der Waals surface area contributed by atoms with Crippen molar-refractivity contribution in [3.8, 4) is 0 Å². The molecule has 5 nitrogen and oxygen atoms in total. The number of thioether (sulfide) groups is 1. The SMILES string of the molecule is CC(C)OC(=O)CSc1ccnc(C(=O)O)c1. The van der Waals surface area contributed by atoms with Crippen molar-refractivity contribution < 1.29 is 19.4 Å². The van der Waals surface area contributed by atoms with E-state index in [2.05, 4.69) is 4.98 Å². The van der Waals surface area contributed by atoms with Gasteiger partial charge in [0.2, 0.25) is 0 Å². The number of carbonyl (C=O) groups excluding carboxylic acids is 1. The zero-order valence-corrected chi connectivity index (χ0v) is 10.4. The van der Waals surface area contributed by atoms with Gasteiger partial charge in [0, 0.05) is 11.1 Å². The Kier molecular flexibility index (Phi) is 4.96. The number of hydrogen-bond acceptors (Lipinski definition) is 5. The van der Waals surface area contributed by atoms with Crippen LogP contribution in [0.15, 0.2) is 23.2 Å². The van der Waals surface area contributed by atoms with E-state index >= 15 is 0 Å². The second-order valence-electron chi connectivity index (χ2n) is 3.51. The number of carboxylic acids is 1. The van der Waals surface area contributed by atoms with Crippen molar-refractivity contribution in [2.75, 3.05) is 5.75 Å². The largest absolute Gasteiger partial charge is 0.477 e. The van der Waals surface area contributed by atoms with Crippen LogP contribution >= 0.6 is 11.8 Å². The van der Waals surface area contributed by atoms with E-state index < -0.39 is 5.97 Å². The number of aromatic nitrogens is 1. The summed E-state index contributed by atoms with van der Waals surface area (Å²) < 4.78 is 4.96. The summed E-state index contributed by atoms with van der Waals surface area (Å²) in [5.41, 5.74) is -0.0350. The molecule has 0 aliphatic carbocycles. The van der Waals surface area contributed by atoms with Crippen molar-refractivity contribution in [1.29, 1.82) is 0 Å². The summed E-state index contributed by atoms with van der Waals surface area (Å²) in [6.45, 7) is 3.55. The van der Waals surface area contributed by atoms with Gasteiger partial charge in [-0.15, -0.1) is 11.8 Å². The van der Waals surface area contributed by atoms with E-state index in [9.17, 15) is 9.59 Å². The molecule has 0 unspecified atom stereocenters. The van der Waals surface area contributed by atoms with E-state index in [1.807, 2.05) is 0 Å². The third-order valence-corrected chi connectivity index (χ3v) is 2.64. The zero-order chi connectivity index (χ0) is 12.8. The smallest absolute Gasteiger partial charge is 0.354 e. The summed E-state index contributed by atoms with van der Waals surface area (Å²) in [7, 11) is 0. The first kappa shape index (κ1) is 13.5. The average Bonchev–Trinajstić information content (AvgIpc) is 2.26. The molecule has 0 aromatic carbocycles. The predicted octanol–water partition coefficient (Wildman–Crippen LogP) is 1.82. The topological polar surface area (TPSA) is 76.5 Å². The van der Waals surface area contributed by atoms with E-state index in [4.69, 9.17) is 9.84 Å². The predicted molar refractivity (Wildman–Crippen MR) is 63.1 cm³/mol. The highest BCUT2D eigenvalue weighted by Crippen LogP contribution is 2.18. The average molecular weight is 255 g/mol. The number of carboxylic acid groups (broad SMARTS) is 1. The molecule has 0 spiro atoms. The van der Waals surface area contributed by atoms with Crippen LogP contribution in [0.5, 0.6) is 0 Å². The van der Waals surface area contributed by atoms with Crippen molar-refractivity contribution in [2.45, 2.75) is 24.8 Å². The molecule has 0 radical (unpaired) electrons. The first-order valence-electron chi connectivity index (χ1n) is 5.00. The van der Waals surface area contributed by atoms with Crippen LogP contribution < -0.4 is 0 Å². The Morgan fingerprint density at radius 1 is 1.53 bits per heavy atom. The minimum Gasteiger partial charge on any atom is -0.477 e. The Labute approximate surface area is 103 Å². The molecule has 0 bridgehead atoms. The standard InChI is InChI=1S/C11H13NO4S/c1-7(2)16-10(13)6-17-8-3-4-12-9(5-8)11(14)15/h3-5,7H,6H2,1-2H3,(H,14,15). The molecule has 17 heavy (non-hydrogen) atoms. The Morgan fingerprint density at radius 2 is 2.24 bits per heavy atom. The molecule has 0 atom stereocenters. The van der Waals surface area contributed by atoms with Crippen LogP contribution in [0, 0.1) is 0 Å². The second-order valence-corrected chi connectivity index (χ2v) is 4.56. The van der Waals surface area contributed by atoms with Gasteiger partial charge in [-0.2, -0.15) is 0 Å². The van der Waals surface area contributed by atoms with Crippen molar-refractivity contribution in [3.05, 3.63) is 24.0 Å². The summed E-state index contributed by atoms with van der Waals surface area (Å²) in [6.07, 6.45) is 1.26. The quantitative estimate of drug-likeness (QED) is 0.639. The molecule has 0 saturated carbocycles. The van der Waals surface area contributed by atoms with Gasteiger partial charge < -0.3 is 9.84 Å². The van der Waals surface area contributed by atoms with Gasteiger partial charge in [-0.05, 0) is 26.0 Å². The molecule has 0 fully saturated rings. The Bertz CT molecular complexity index is 420. The molecule has 0 amide bonds. The van der Waals surface area contributed by atoms with Crippen LogP contribution in [-0.2, 0) is 9.53 Å². The number of rotatable bonds is 5. The Hall–Kier alpha value is -1.56. The highest BCUT2D eigenvalue weighted by molar-refractivity contribution is 8.00. The minimum absolute atomic E-state index is 0.0350. The number of ether oxygens (including phenoxy) is 1. The van der Waals surface area contributed by atoms with Gasteiger partial charge in [0.1, 0.15) is 5.69 Å². The molecule has 1 heterocycles. The maximum Gasteiger partial charge on any atom is 0.354 e. The van der Waals surface area contributed by atoms with E-state index in [1.54, 1.807) is 19.9 Å². The molecule has 0 aliphatic rings. The number of esters is 1. The third kappa shape index (κ3) is 4.86. The maximum atomic E-state index is 11.3. The van der Waals surface area contributed by atoms with E-state index in [0.717, 1.165) is 0 Å². The number of hydrogen-bond donors (Lipinski definition) is 1. The van der Waals surface area contributed by atoms with Gasteiger partial charge in [0.15, 0.2) is 0 Å². The zero-order valence-electron chi connectivity index (χ0n) is 9.54. The van der Waals surface area contributed by atoms with Crippen LogP contribution in [0.4, 0.5) is 0 Å². The molecule has 1 aromatic heterocycles. The number of nitrogens with zero attached hydrogens (tertiary/aromatic N) is 1. The number of aromatic carboxylic acids is 1. The highest BCUT2D eigenvalue weighted by atomic mass is 32.2. The lowest BCUT2D eigenvalue weighted by Crippen LogP contribution is -2.13. The first-order valence-corrected chi connectivity index (χ1v) is 5.99. The van der Waals surface area contributed by atoms with Crippen molar-refractivity contribution in [1.82, 2.24) is 4.98 Å². The summed E-state index contributed by atoms with van der Waals surface area (Å²) in [6, 6.07) is 3.08. The van der Waals surface area contributed by atoms with Crippen LogP contribution in [-0.4, -0.2) is 33.9 Å². The lowest BCUT2D eigenvalue weighted by atomic mass is 10.3. The fourth-order valence-corrected chi connectivity index (χ4v) is 1.76. The Morgan fingerprint density at radius 3 is 2.82 bits per heavy atom. The third-order valence-electron chi connectivity index (χ3n) is 1.67. The van der Waals surface area contributed by atoms with Crippen molar-refractivity contribution >= 4 is 23.7 Å². The molecule has 1 rings (SSSR count). The van der Waals surface area contributed by atoms with Gasteiger partial charge in [-0.3, -0.25) is 4.79 Å². The lowest BCUT2D eigenvalue weighted by Gasteiger charge is -2.07. The van der Waals surface area contributed by atoms with Crippen molar-refractivity contribution in [3.63, 3.8) is 0 Å². The summed E-state index contributed by atoms with van der Waals surface area (Å²) in [5, 5.41) is 8.74.